The van der Waals surface area contributed by atoms with Gasteiger partial charge < -0.3 is 0 Å². The van der Waals surface area contributed by atoms with Crippen molar-refractivity contribution >= 4 is 11.8 Å². The predicted octanol–water partition coefficient (Wildman–Crippen LogP) is 4.43. The molecule has 0 saturated heterocycles. The van der Waals surface area contributed by atoms with Crippen molar-refractivity contribution in [2.75, 3.05) is 5.75 Å². The topological polar surface area (TPSA) is 36.7 Å². The Balaban J connectivity index is 2.37. The van der Waals surface area contributed by atoms with Gasteiger partial charge in [0.2, 0.25) is 0 Å². The highest BCUT2D eigenvalue weighted by Crippen LogP contribution is 2.27. The Morgan fingerprint density at radius 3 is 2.58 bits per heavy atom. The molecule has 0 aliphatic rings. The van der Waals surface area contributed by atoms with Crippen LogP contribution < -0.4 is 0 Å². The number of hydrogen-bond acceptors (Lipinski definition) is 3. The van der Waals surface area contributed by atoms with Crippen molar-refractivity contribution in [2.45, 2.75) is 25.2 Å². The number of thioether (sulfide) groups is 1. The van der Waals surface area contributed by atoms with Gasteiger partial charge in [0.25, 0.3) is 0 Å². The molecule has 0 fully saturated rings. The fraction of sp³-hybridized carbons (Fsp3) is 0.250. The van der Waals surface area contributed by atoms with E-state index in [1.807, 2.05) is 0 Å². The SMILES string of the molecule is CCCSc1cc(-c2ccc(C)cc2)cnc1C#N. The summed E-state index contributed by atoms with van der Waals surface area (Å²) in [5.41, 5.74) is 3.97. The maximum absolute atomic E-state index is 9.09. The van der Waals surface area contributed by atoms with Crippen LogP contribution in [0.25, 0.3) is 11.1 Å². The minimum atomic E-state index is 0.523. The molecule has 0 spiro atoms. The van der Waals surface area contributed by atoms with Crippen LogP contribution in [-0.4, -0.2) is 10.7 Å². The third-order valence-corrected chi connectivity index (χ3v) is 4.04. The average Bonchev–Trinajstić information content (AvgIpc) is 2.45. The first-order valence-corrected chi connectivity index (χ1v) is 7.33. The molecule has 0 bridgehead atoms. The molecule has 2 rings (SSSR count). The van der Waals surface area contributed by atoms with Crippen molar-refractivity contribution in [3.05, 3.63) is 47.8 Å². The molecular formula is C16H16N2S. The van der Waals surface area contributed by atoms with E-state index >= 15 is 0 Å². The molecule has 3 heteroatoms. The number of benzene rings is 1. The highest BCUT2D eigenvalue weighted by Gasteiger charge is 2.07. The standard InChI is InChI=1S/C16H16N2S/c1-3-8-19-16-9-14(11-18-15(16)10-17)13-6-4-12(2)5-7-13/h4-7,9,11H,3,8H2,1-2H3. The van der Waals surface area contributed by atoms with Crippen molar-refractivity contribution in [3.63, 3.8) is 0 Å². The molecule has 2 nitrogen and oxygen atoms in total. The summed E-state index contributed by atoms with van der Waals surface area (Å²) in [7, 11) is 0. The molecule has 0 N–H and O–H groups in total. The van der Waals surface area contributed by atoms with Gasteiger partial charge in [-0.25, -0.2) is 4.98 Å². The quantitative estimate of drug-likeness (QED) is 0.770. The van der Waals surface area contributed by atoms with E-state index in [-0.39, 0.29) is 0 Å². The first-order chi connectivity index (χ1) is 9.24. The number of hydrogen-bond donors (Lipinski definition) is 0. The lowest BCUT2D eigenvalue weighted by Crippen LogP contribution is -1.90. The van der Waals surface area contributed by atoms with E-state index < -0.39 is 0 Å². The molecule has 0 saturated carbocycles. The van der Waals surface area contributed by atoms with Gasteiger partial charge >= 0.3 is 0 Å². The van der Waals surface area contributed by atoms with Crippen LogP contribution in [-0.2, 0) is 0 Å². The van der Waals surface area contributed by atoms with E-state index in [1.165, 1.54) is 5.56 Å². The van der Waals surface area contributed by atoms with Crippen molar-refractivity contribution in [3.8, 4) is 17.2 Å². The largest absolute Gasteiger partial charge is 0.244 e. The van der Waals surface area contributed by atoms with Crippen LogP contribution >= 0.6 is 11.8 Å². The molecule has 0 amide bonds. The predicted molar refractivity (Wildman–Crippen MR) is 80.1 cm³/mol. The summed E-state index contributed by atoms with van der Waals surface area (Å²) < 4.78 is 0. The van der Waals surface area contributed by atoms with Crippen molar-refractivity contribution in [2.24, 2.45) is 0 Å². The molecule has 0 aliphatic carbocycles. The number of aryl methyl sites for hydroxylation is 1. The molecule has 0 atom stereocenters. The molecular weight excluding hydrogens is 252 g/mol. The molecule has 1 aromatic carbocycles. The van der Waals surface area contributed by atoms with Gasteiger partial charge in [-0.3, -0.25) is 0 Å². The molecule has 2 aromatic rings. The molecule has 19 heavy (non-hydrogen) atoms. The fourth-order valence-electron chi connectivity index (χ4n) is 1.75. The molecule has 1 heterocycles. The van der Waals surface area contributed by atoms with Gasteiger partial charge in [-0.15, -0.1) is 11.8 Å². The fourth-order valence-corrected chi connectivity index (χ4v) is 2.62. The van der Waals surface area contributed by atoms with E-state index in [9.17, 15) is 0 Å². The van der Waals surface area contributed by atoms with Crippen LogP contribution in [0.3, 0.4) is 0 Å². The van der Waals surface area contributed by atoms with Crippen LogP contribution in [0, 0.1) is 18.3 Å². The highest BCUT2D eigenvalue weighted by molar-refractivity contribution is 7.99. The van der Waals surface area contributed by atoms with Crippen LogP contribution in [0.5, 0.6) is 0 Å². The normalized spacial score (nSPS) is 10.2. The number of rotatable bonds is 4. The Hall–Kier alpha value is -1.79. The second-order valence-corrected chi connectivity index (χ2v) is 5.53. The van der Waals surface area contributed by atoms with Crippen molar-refractivity contribution < 1.29 is 0 Å². The zero-order valence-corrected chi connectivity index (χ0v) is 12.0. The average molecular weight is 268 g/mol. The monoisotopic (exact) mass is 268 g/mol. The summed E-state index contributed by atoms with van der Waals surface area (Å²) in [6.45, 7) is 4.21. The lowest BCUT2D eigenvalue weighted by Gasteiger charge is -2.06. The summed E-state index contributed by atoms with van der Waals surface area (Å²) >= 11 is 1.70. The Bertz CT molecular complexity index is 597. The Morgan fingerprint density at radius 2 is 1.95 bits per heavy atom. The van der Waals surface area contributed by atoms with Gasteiger partial charge in [0.1, 0.15) is 6.07 Å². The van der Waals surface area contributed by atoms with Crippen LogP contribution in [0.1, 0.15) is 24.6 Å². The van der Waals surface area contributed by atoms with Gasteiger partial charge in [-0.2, -0.15) is 5.26 Å². The summed E-state index contributed by atoms with van der Waals surface area (Å²) in [6.07, 6.45) is 2.86. The summed E-state index contributed by atoms with van der Waals surface area (Å²) in [5, 5.41) is 9.09. The second-order valence-electron chi connectivity index (χ2n) is 4.40. The third kappa shape index (κ3) is 3.36. The first kappa shape index (κ1) is 13.6. The summed E-state index contributed by atoms with van der Waals surface area (Å²) in [4.78, 5) is 5.24. The zero-order valence-electron chi connectivity index (χ0n) is 11.2. The van der Waals surface area contributed by atoms with Gasteiger partial charge in [0, 0.05) is 16.7 Å². The van der Waals surface area contributed by atoms with Crippen molar-refractivity contribution in [1.29, 1.82) is 5.26 Å². The highest BCUT2D eigenvalue weighted by atomic mass is 32.2. The van der Waals surface area contributed by atoms with Gasteiger partial charge in [-0.1, -0.05) is 36.8 Å². The number of nitrogens with zero attached hydrogens (tertiary/aromatic N) is 2. The van der Waals surface area contributed by atoms with E-state index in [0.717, 1.165) is 28.2 Å². The van der Waals surface area contributed by atoms with Gasteiger partial charge in [0.05, 0.1) is 0 Å². The minimum Gasteiger partial charge on any atom is -0.244 e. The van der Waals surface area contributed by atoms with Crippen LogP contribution in [0.4, 0.5) is 0 Å². The smallest absolute Gasteiger partial charge is 0.154 e. The van der Waals surface area contributed by atoms with E-state index in [1.54, 1.807) is 18.0 Å². The first-order valence-electron chi connectivity index (χ1n) is 6.34. The molecule has 96 valence electrons. The lowest BCUT2D eigenvalue weighted by atomic mass is 10.1. The Labute approximate surface area is 118 Å². The number of aromatic nitrogens is 1. The number of nitriles is 1. The van der Waals surface area contributed by atoms with Gasteiger partial charge in [-0.05, 0) is 30.7 Å². The molecule has 0 unspecified atom stereocenters. The Morgan fingerprint density at radius 1 is 1.21 bits per heavy atom. The molecule has 0 aliphatic heterocycles. The maximum Gasteiger partial charge on any atom is 0.154 e. The van der Waals surface area contributed by atoms with Crippen LogP contribution in [0.2, 0.25) is 0 Å². The zero-order chi connectivity index (χ0) is 13.7. The van der Waals surface area contributed by atoms with E-state index in [2.05, 4.69) is 55.2 Å². The molecule has 1 aromatic heterocycles. The second kappa shape index (κ2) is 6.40. The minimum absolute atomic E-state index is 0.523. The lowest BCUT2D eigenvalue weighted by molar-refractivity contribution is 1.10. The summed E-state index contributed by atoms with van der Waals surface area (Å²) in [6, 6.07) is 12.6. The summed E-state index contributed by atoms with van der Waals surface area (Å²) in [5.74, 6) is 1.01. The molecule has 0 radical (unpaired) electrons. The van der Waals surface area contributed by atoms with Crippen molar-refractivity contribution in [1.82, 2.24) is 4.98 Å². The number of pyridine rings is 1. The maximum atomic E-state index is 9.09. The van der Waals surface area contributed by atoms with Gasteiger partial charge in [0.15, 0.2) is 5.69 Å². The van der Waals surface area contributed by atoms with E-state index in [0.29, 0.717) is 5.69 Å². The van der Waals surface area contributed by atoms with E-state index in [4.69, 9.17) is 5.26 Å². The third-order valence-electron chi connectivity index (χ3n) is 2.81. The van der Waals surface area contributed by atoms with Crippen LogP contribution in [0.15, 0.2) is 41.4 Å². The Kier molecular flexibility index (Phi) is 4.59.